The second-order valence-electron chi connectivity index (χ2n) is 5.30. The molecule has 1 aromatic heterocycles. The molecule has 0 bridgehead atoms. The molecular weight excluding hydrogens is 383 g/mol. The van der Waals surface area contributed by atoms with Crippen molar-refractivity contribution in [3.05, 3.63) is 79.3 Å². The van der Waals surface area contributed by atoms with Crippen LogP contribution < -0.4 is 5.32 Å². The minimum atomic E-state index is -0.361. The van der Waals surface area contributed by atoms with Crippen LogP contribution in [0.5, 0.6) is 0 Å². The van der Waals surface area contributed by atoms with E-state index in [-0.39, 0.29) is 9.95 Å². The molecule has 1 aliphatic heterocycles. The molecule has 0 radical (unpaired) electrons. The summed E-state index contributed by atoms with van der Waals surface area (Å²) in [6, 6.07) is 10.5. The molecule has 0 unspecified atom stereocenters. The van der Waals surface area contributed by atoms with Crippen molar-refractivity contribution in [3.63, 3.8) is 0 Å². The van der Waals surface area contributed by atoms with Gasteiger partial charge in [-0.25, -0.2) is 4.98 Å². The lowest BCUT2D eigenvalue weighted by Crippen LogP contribution is -2.23. The lowest BCUT2D eigenvalue weighted by atomic mass is 10.2. The highest BCUT2D eigenvalue weighted by Crippen LogP contribution is 2.32. The van der Waals surface area contributed by atoms with Gasteiger partial charge in [-0.1, -0.05) is 29.3 Å². The number of hydrogen-bond acceptors (Lipinski definition) is 6. The summed E-state index contributed by atoms with van der Waals surface area (Å²) in [6.45, 7) is 1.84. The maximum absolute atomic E-state index is 11.6. The highest BCUT2D eigenvalue weighted by Gasteiger charge is 2.29. The molecule has 2 aromatic rings. The fraction of sp³-hybridized carbons (Fsp3) is 0.188. The van der Waals surface area contributed by atoms with Gasteiger partial charge < -0.3 is 10.2 Å². The van der Waals surface area contributed by atoms with E-state index in [2.05, 4.69) is 10.3 Å². The van der Waals surface area contributed by atoms with Gasteiger partial charge in [0.2, 0.25) is 0 Å². The van der Waals surface area contributed by atoms with Crippen molar-refractivity contribution in [2.75, 3.05) is 13.1 Å². The number of halogens is 2. The number of thioether (sulfide) groups is 1. The quantitative estimate of drug-likeness (QED) is 0.356. The summed E-state index contributed by atoms with van der Waals surface area (Å²) in [5, 5.41) is 15.8. The monoisotopic (exact) mass is 396 g/mol. The first kappa shape index (κ1) is 17.8. The molecule has 1 fully saturated rings. The van der Waals surface area contributed by atoms with Gasteiger partial charge in [0.15, 0.2) is 5.82 Å². The number of benzene rings is 1. The van der Waals surface area contributed by atoms with Crippen LogP contribution in [0, 0.1) is 10.1 Å². The molecule has 0 spiro atoms. The number of rotatable bonds is 5. The maximum Gasteiger partial charge on any atom is 0.347 e. The average molecular weight is 397 g/mol. The van der Waals surface area contributed by atoms with Crippen molar-refractivity contribution < 1.29 is 4.92 Å². The molecule has 130 valence electrons. The molecule has 1 N–H and O–H groups in total. The summed E-state index contributed by atoms with van der Waals surface area (Å²) in [6.07, 6.45) is 1.68. The highest BCUT2D eigenvalue weighted by molar-refractivity contribution is 8.02. The average Bonchev–Trinajstić information content (AvgIpc) is 3.04. The van der Waals surface area contributed by atoms with E-state index in [0.29, 0.717) is 35.6 Å². The third kappa shape index (κ3) is 4.56. The molecule has 1 aromatic carbocycles. The van der Waals surface area contributed by atoms with E-state index in [0.717, 1.165) is 22.2 Å². The minimum absolute atomic E-state index is 0.0572. The molecule has 0 saturated carbocycles. The second-order valence-corrected chi connectivity index (χ2v) is 7.19. The van der Waals surface area contributed by atoms with E-state index in [9.17, 15) is 10.1 Å². The molecule has 0 amide bonds. The van der Waals surface area contributed by atoms with Crippen molar-refractivity contribution in [3.8, 4) is 0 Å². The van der Waals surface area contributed by atoms with Gasteiger partial charge in [0.1, 0.15) is 5.15 Å². The zero-order valence-electron chi connectivity index (χ0n) is 13.0. The lowest BCUT2D eigenvalue weighted by Gasteiger charge is -2.18. The number of nitrogens with zero attached hydrogens (tertiary/aromatic N) is 3. The van der Waals surface area contributed by atoms with Gasteiger partial charge in [0.05, 0.1) is 4.92 Å². The van der Waals surface area contributed by atoms with Crippen LogP contribution in [-0.2, 0) is 6.54 Å². The van der Waals surface area contributed by atoms with Crippen LogP contribution in [-0.4, -0.2) is 27.9 Å². The third-order valence-corrected chi connectivity index (χ3v) is 5.07. The van der Waals surface area contributed by atoms with Gasteiger partial charge in [-0.2, -0.15) is 0 Å². The zero-order valence-corrected chi connectivity index (χ0v) is 15.3. The van der Waals surface area contributed by atoms with Crippen LogP contribution in [0.1, 0.15) is 5.56 Å². The Balaban J connectivity index is 1.85. The van der Waals surface area contributed by atoms with E-state index in [1.807, 2.05) is 11.0 Å². The Hall–Kier alpha value is -1.96. The van der Waals surface area contributed by atoms with E-state index < -0.39 is 0 Å². The van der Waals surface area contributed by atoms with Crippen molar-refractivity contribution in [2.24, 2.45) is 0 Å². The van der Waals surface area contributed by atoms with Crippen molar-refractivity contribution in [1.29, 1.82) is 0 Å². The Morgan fingerprint density at radius 2 is 2.04 bits per heavy atom. The van der Waals surface area contributed by atoms with Gasteiger partial charge in [-0.15, -0.1) is 0 Å². The summed E-state index contributed by atoms with van der Waals surface area (Å²) < 4.78 is 0. The minimum Gasteiger partial charge on any atom is -0.364 e. The maximum atomic E-state index is 11.6. The fourth-order valence-corrected chi connectivity index (χ4v) is 3.51. The lowest BCUT2D eigenvalue weighted by molar-refractivity contribution is -0.412. The number of nitro groups is 1. The van der Waals surface area contributed by atoms with E-state index in [1.165, 1.54) is 0 Å². The van der Waals surface area contributed by atoms with Gasteiger partial charge in [-0.05, 0) is 47.7 Å². The Morgan fingerprint density at radius 3 is 2.68 bits per heavy atom. The van der Waals surface area contributed by atoms with Crippen LogP contribution in [0.15, 0.2) is 58.3 Å². The SMILES string of the molecule is O=[N+]([O-])C(Sc1ccc(Cl)cc1)=C1NCCN1Cc1ccc(Cl)nc1. The molecule has 9 heteroatoms. The van der Waals surface area contributed by atoms with Crippen molar-refractivity contribution >= 4 is 35.0 Å². The van der Waals surface area contributed by atoms with Crippen LogP contribution in [0.4, 0.5) is 0 Å². The summed E-state index contributed by atoms with van der Waals surface area (Å²) >= 11 is 12.8. The highest BCUT2D eigenvalue weighted by atomic mass is 35.5. The fourth-order valence-electron chi connectivity index (χ4n) is 2.41. The molecule has 2 heterocycles. The van der Waals surface area contributed by atoms with Crippen molar-refractivity contribution in [2.45, 2.75) is 11.4 Å². The smallest absolute Gasteiger partial charge is 0.347 e. The predicted octanol–water partition coefficient (Wildman–Crippen LogP) is 3.99. The van der Waals surface area contributed by atoms with E-state index in [4.69, 9.17) is 23.2 Å². The van der Waals surface area contributed by atoms with Crippen LogP contribution in [0.25, 0.3) is 0 Å². The number of hydrogen-bond donors (Lipinski definition) is 1. The van der Waals surface area contributed by atoms with Gasteiger partial charge in [-0.3, -0.25) is 10.1 Å². The molecule has 1 aliphatic rings. The molecule has 0 aliphatic carbocycles. The number of aromatic nitrogens is 1. The zero-order chi connectivity index (χ0) is 17.8. The Bertz CT molecular complexity index is 797. The van der Waals surface area contributed by atoms with Crippen LogP contribution in [0.2, 0.25) is 10.2 Å². The molecule has 6 nitrogen and oxygen atoms in total. The summed E-state index contributed by atoms with van der Waals surface area (Å²) in [7, 11) is 0. The largest absolute Gasteiger partial charge is 0.364 e. The summed E-state index contributed by atoms with van der Waals surface area (Å²) in [5.74, 6) is 0.514. The molecule has 25 heavy (non-hydrogen) atoms. The Morgan fingerprint density at radius 1 is 1.28 bits per heavy atom. The summed E-state index contributed by atoms with van der Waals surface area (Å²) in [4.78, 5) is 18.0. The number of nitrogens with one attached hydrogen (secondary N) is 1. The summed E-state index contributed by atoms with van der Waals surface area (Å²) in [5.41, 5.74) is 0.935. The predicted molar refractivity (Wildman–Crippen MR) is 99.0 cm³/mol. The molecule has 3 rings (SSSR count). The number of pyridine rings is 1. The standard InChI is InChI=1S/C16H14Cl2N4O2S/c17-12-2-4-13(5-3-12)25-16(22(23)24)15-19-7-8-21(15)10-11-1-6-14(18)20-9-11/h1-6,9,19H,7-8,10H2. The van der Waals surface area contributed by atoms with E-state index >= 15 is 0 Å². The second kappa shape index (κ2) is 7.95. The molecule has 1 saturated heterocycles. The first-order valence-corrected chi connectivity index (χ1v) is 9.01. The van der Waals surface area contributed by atoms with Gasteiger partial charge >= 0.3 is 5.03 Å². The molecular formula is C16H14Cl2N4O2S. The normalized spacial score (nSPS) is 15.8. The first-order valence-electron chi connectivity index (χ1n) is 7.44. The van der Waals surface area contributed by atoms with Crippen LogP contribution >= 0.6 is 35.0 Å². The first-order chi connectivity index (χ1) is 12.0. The topological polar surface area (TPSA) is 71.3 Å². The Kier molecular flexibility index (Phi) is 5.67. The van der Waals surface area contributed by atoms with Crippen LogP contribution in [0.3, 0.4) is 0 Å². The van der Waals surface area contributed by atoms with Gasteiger partial charge in [0.25, 0.3) is 0 Å². The van der Waals surface area contributed by atoms with E-state index in [1.54, 1.807) is 36.5 Å². The van der Waals surface area contributed by atoms with Crippen molar-refractivity contribution in [1.82, 2.24) is 15.2 Å². The third-order valence-electron chi connectivity index (χ3n) is 3.55. The Labute approximate surface area is 159 Å². The van der Waals surface area contributed by atoms with Gasteiger partial charge in [0, 0.05) is 35.7 Å². The molecule has 0 atom stereocenters.